The lowest BCUT2D eigenvalue weighted by atomic mass is 10.1. The third-order valence-corrected chi connectivity index (χ3v) is 6.40. The van der Waals surface area contributed by atoms with Gasteiger partial charge in [-0.15, -0.1) is 0 Å². The van der Waals surface area contributed by atoms with Gasteiger partial charge in [-0.1, -0.05) is 24.3 Å². The average Bonchev–Trinajstić information content (AvgIpc) is 3.20. The summed E-state index contributed by atoms with van der Waals surface area (Å²) in [5.74, 6) is 0.352. The summed E-state index contributed by atoms with van der Waals surface area (Å²) in [5.41, 5.74) is 4.69. The number of carbonyl (C=O) groups excluding carboxylic acids is 1. The maximum atomic E-state index is 12.6. The highest BCUT2D eigenvalue weighted by Crippen LogP contribution is 2.23. The molecule has 1 amide bonds. The molecule has 154 valence electrons. The van der Waals surface area contributed by atoms with E-state index in [4.69, 9.17) is 0 Å². The van der Waals surface area contributed by atoms with Gasteiger partial charge < -0.3 is 5.32 Å². The van der Waals surface area contributed by atoms with Crippen LogP contribution in [0.2, 0.25) is 0 Å². The molecule has 0 aliphatic heterocycles. The minimum atomic E-state index is -3.67. The topological polar surface area (TPSA) is 101 Å². The number of carbonyl (C=O) groups is 1. The number of nitrogens with zero attached hydrogens (tertiary/aromatic N) is 2. The summed E-state index contributed by atoms with van der Waals surface area (Å²) in [4.78, 5) is 20.0. The van der Waals surface area contributed by atoms with E-state index in [9.17, 15) is 13.2 Å². The van der Waals surface area contributed by atoms with Crippen LogP contribution < -0.4 is 10.0 Å². The second kappa shape index (κ2) is 8.33. The van der Waals surface area contributed by atoms with E-state index in [2.05, 4.69) is 20.0 Å². The lowest BCUT2D eigenvalue weighted by Gasteiger charge is -2.09. The van der Waals surface area contributed by atoms with E-state index in [0.29, 0.717) is 11.5 Å². The molecular formula is C22H22N4O3S. The van der Waals surface area contributed by atoms with E-state index >= 15 is 0 Å². The fraction of sp³-hybridized carbons (Fsp3) is 0.227. The Bertz CT molecular complexity index is 1170. The molecule has 3 aromatic rings. The monoisotopic (exact) mass is 422 g/mol. The Morgan fingerprint density at radius 1 is 1.00 bits per heavy atom. The summed E-state index contributed by atoms with van der Waals surface area (Å²) in [6.07, 6.45) is 4.78. The number of aryl methyl sites for hydroxylation is 2. The van der Waals surface area contributed by atoms with Crippen LogP contribution >= 0.6 is 0 Å². The summed E-state index contributed by atoms with van der Waals surface area (Å²) >= 11 is 0. The fourth-order valence-corrected chi connectivity index (χ4v) is 4.44. The van der Waals surface area contributed by atoms with Crippen LogP contribution in [0.25, 0.3) is 11.1 Å². The predicted molar refractivity (Wildman–Crippen MR) is 114 cm³/mol. The van der Waals surface area contributed by atoms with E-state index in [1.54, 1.807) is 42.6 Å². The van der Waals surface area contributed by atoms with Crippen LogP contribution in [0.15, 0.2) is 59.6 Å². The Morgan fingerprint density at radius 2 is 1.67 bits per heavy atom. The molecule has 0 radical (unpaired) electrons. The number of rotatable bonds is 6. The maximum Gasteiger partial charge on any atom is 0.240 e. The molecule has 1 aromatic heterocycles. The molecule has 1 aliphatic rings. The van der Waals surface area contributed by atoms with Gasteiger partial charge in [0, 0.05) is 24.5 Å². The molecule has 0 saturated carbocycles. The lowest BCUT2D eigenvalue weighted by molar-refractivity contribution is -0.114. The zero-order chi connectivity index (χ0) is 21.1. The van der Waals surface area contributed by atoms with E-state index < -0.39 is 10.0 Å². The van der Waals surface area contributed by atoms with Crippen LogP contribution in [0.1, 0.15) is 30.4 Å². The van der Waals surface area contributed by atoms with Crippen LogP contribution in [0, 0.1) is 0 Å². The van der Waals surface area contributed by atoms with Crippen LogP contribution in [-0.4, -0.2) is 24.3 Å². The second-order valence-corrected chi connectivity index (χ2v) is 8.99. The molecule has 1 aliphatic carbocycles. The number of fused-ring (bicyclic) bond motifs is 1. The van der Waals surface area contributed by atoms with E-state index in [-0.39, 0.29) is 17.3 Å². The first-order chi connectivity index (χ1) is 14.4. The minimum absolute atomic E-state index is 0.0575. The van der Waals surface area contributed by atoms with Gasteiger partial charge in [-0.25, -0.2) is 23.1 Å². The minimum Gasteiger partial charge on any atom is -0.326 e. The van der Waals surface area contributed by atoms with Gasteiger partial charge in [0.2, 0.25) is 15.9 Å². The number of benzene rings is 2. The number of sulfonamides is 1. The third kappa shape index (κ3) is 4.55. The van der Waals surface area contributed by atoms with Gasteiger partial charge in [-0.3, -0.25) is 4.79 Å². The molecule has 8 heteroatoms. The van der Waals surface area contributed by atoms with Gasteiger partial charge in [-0.2, -0.15) is 0 Å². The summed E-state index contributed by atoms with van der Waals surface area (Å²) in [6, 6.07) is 14.0. The highest BCUT2D eigenvalue weighted by atomic mass is 32.2. The molecule has 2 aromatic carbocycles. The Labute approximate surface area is 175 Å². The zero-order valence-electron chi connectivity index (χ0n) is 16.6. The predicted octanol–water partition coefficient (Wildman–Crippen LogP) is 3.07. The first-order valence-electron chi connectivity index (χ1n) is 9.72. The third-order valence-electron chi connectivity index (χ3n) is 4.99. The van der Waals surface area contributed by atoms with Crippen molar-refractivity contribution in [3.05, 3.63) is 71.8 Å². The van der Waals surface area contributed by atoms with E-state index in [1.165, 1.54) is 6.92 Å². The van der Waals surface area contributed by atoms with Crippen molar-refractivity contribution < 1.29 is 13.2 Å². The van der Waals surface area contributed by atoms with Crippen molar-refractivity contribution >= 4 is 21.6 Å². The number of aromatic nitrogens is 2. The normalized spacial score (nSPS) is 13.1. The van der Waals surface area contributed by atoms with E-state index in [0.717, 1.165) is 41.6 Å². The van der Waals surface area contributed by atoms with Crippen LogP contribution in [0.4, 0.5) is 5.69 Å². The van der Waals surface area contributed by atoms with Crippen molar-refractivity contribution in [1.29, 1.82) is 0 Å². The number of hydrogen-bond acceptors (Lipinski definition) is 5. The SMILES string of the molecule is CC(=O)Nc1ccc(-c2ccc(S(=O)(=O)NCc3ncc4c(n3)CCC4)cc2)cc1. The first kappa shape index (κ1) is 20.2. The van der Waals surface area contributed by atoms with Gasteiger partial charge >= 0.3 is 0 Å². The molecule has 7 nitrogen and oxygen atoms in total. The van der Waals surface area contributed by atoms with E-state index in [1.807, 2.05) is 12.1 Å². The van der Waals surface area contributed by atoms with Crippen molar-refractivity contribution in [1.82, 2.24) is 14.7 Å². The second-order valence-electron chi connectivity index (χ2n) is 7.22. The summed E-state index contributed by atoms with van der Waals surface area (Å²) < 4.78 is 27.8. The highest BCUT2D eigenvalue weighted by Gasteiger charge is 2.17. The van der Waals surface area contributed by atoms with Gasteiger partial charge in [0.1, 0.15) is 5.82 Å². The van der Waals surface area contributed by atoms with Gasteiger partial charge in [0.15, 0.2) is 0 Å². The molecule has 0 atom stereocenters. The Kier molecular flexibility index (Phi) is 5.61. The summed E-state index contributed by atoms with van der Waals surface area (Å²) in [5, 5.41) is 2.72. The van der Waals surface area contributed by atoms with Crippen LogP contribution in [-0.2, 0) is 34.2 Å². The number of anilines is 1. The van der Waals surface area contributed by atoms with Gasteiger partial charge in [-0.05, 0) is 60.2 Å². The summed E-state index contributed by atoms with van der Waals surface area (Å²) in [6.45, 7) is 1.51. The van der Waals surface area contributed by atoms with Crippen molar-refractivity contribution in [2.75, 3.05) is 5.32 Å². The molecule has 0 saturated heterocycles. The molecule has 0 fully saturated rings. The molecule has 4 rings (SSSR count). The quantitative estimate of drug-likeness (QED) is 0.636. The molecule has 0 bridgehead atoms. The molecule has 0 unspecified atom stereocenters. The van der Waals surface area contributed by atoms with Crippen LogP contribution in [0.5, 0.6) is 0 Å². The molecule has 0 spiro atoms. The van der Waals surface area contributed by atoms with Crippen molar-refractivity contribution in [2.24, 2.45) is 0 Å². The Balaban J connectivity index is 1.44. The smallest absolute Gasteiger partial charge is 0.240 e. The first-order valence-corrected chi connectivity index (χ1v) is 11.2. The zero-order valence-corrected chi connectivity index (χ0v) is 17.4. The Morgan fingerprint density at radius 3 is 2.33 bits per heavy atom. The largest absolute Gasteiger partial charge is 0.326 e. The van der Waals surface area contributed by atoms with Gasteiger partial charge in [0.05, 0.1) is 11.4 Å². The van der Waals surface area contributed by atoms with Crippen LogP contribution in [0.3, 0.4) is 0 Å². The average molecular weight is 423 g/mol. The molecule has 2 N–H and O–H groups in total. The maximum absolute atomic E-state index is 12.6. The summed E-state index contributed by atoms with van der Waals surface area (Å²) in [7, 11) is -3.67. The number of amides is 1. The standard InChI is InChI=1S/C22H22N4O3S/c1-15(27)25-19-9-5-16(6-10-19)17-7-11-20(12-8-17)30(28,29)24-14-22-23-13-18-3-2-4-21(18)26-22/h5-13,24H,2-4,14H2,1H3,(H,25,27). The van der Waals surface area contributed by atoms with Gasteiger partial charge in [0.25, 0.3) is 0 Å². The Hall–Kier alpha value is -3.10. The highest BCUT2D eigenvalue weighted by molar-refractivity contribution is 7.89. The lowest BCUT2D eigenvalue weighted by Crippen LogP contribution is -2.24. The number of nitrogens with one attached hydrogen (secondary N) is 2. The number of hydrogen-bond donors (Lipinski definition) is 2. The molecule has 1 heterocycles. The fourth-order valence-electron chi connectivity index (χ4n) is 3.46. The van der Waals surface area contributed by atoms with Crippen molar-refractivity contribution in [3.8, 4) is 11.1 Å². The molecular weight excluding hydrogens is 400 g/mol. The van der Waals surface area contributed by atoms with Crippen molar-refractivity contribution in [3.63, 3.8) is 0 Å². The molecule has 30 heavy (non-hydrogen) atoms. The van der Waals surface area contributed by atoms with Crippen molar-refractivity contribution in [2.45, 2.75) is 37.6 Å².